The van der Waals surface area contributed by atoms with Crippen molar-refractivity contribution < 1.29 is 9.00 Å². The van der Waals surface area contributed by atoms with Crippen LogP contribution in [0.2, 0.25) is 0 Å². The van der Waals surface area contributed by atoms with Crippen molar-refractivity contribution in [1.29, 1.82) is 0 Å². The summed E-state index contributed by atoms with van der Waals surface area (Å²) in [5.41, 5.74) is 2.39. The standard InChI is InChI=1S/C16H15NO2S/c1-12(20-19)14-9-5-6-10-15(14)16(18)17-11-13-7-3-2-4-8-13/h2-10,12H,11H2,1H3/p+1. The van der Waals surface area contributed by atoms with E-state index >= 15 is 0 Å². The van der Waals surface area contributed by atoms with Crippen LogP contribution in [0.1, 0.15) is 33.7 Å². The minimum Gasteiger partial charge on any atom is -0.348 e. The zero-order chi connectivity index (χ0) is 14.4. The lowest BCUT2D eigenvalue weighted by atomic mass is 10.0. The Morgan fingerprint density at radius 1 is 1.10 bits per heavy atom. The van der Waals surface area contributed by atoms with E-state index < -0.39 is 0 Å². The summed E-state index contributed by atoms with van der Waals surface area (Å²) in [7, 11) is 0. The van der Waals surface area contributed by atoms with Gasteiger partial charge in [0.2, 0.25) is 0 Å². The number of hydrogen-bond acceptors (Lipinski definition) is 2. The lowest BCUT2D eigenvalue weighted by Crippen LogP contribution is -2.24. The van der Waals surface area contributed by atoms with Crippen LogP contribution in [0, 0.1) is 0 Å². The molecule has 0 heterocycles. The smallest absolute Gasteiger partial charge is 0.348 e. The lowest BCUT2D eigenvalue weighted by molar-refractivity contribution is 0.0950. The van der Waals surface area contributed by atoms with Gasteiger partial charge in [0.1, 0.15) is 0 Å². The Labute approximate surface area is 122 Å². The number of carbonyl (C=O) groups excluding carboxylic acids is 1. The van der Waals surface area contributed by atoms with Crippen LogP contribution in [0.5, 0.6) is 0 Å². The van der Waals surface area contributed by atoms with Crippen LogP contribution in [0.4, 0.5) is 0 Å². The molecule has 0 saturated carbocycles. The topological polar surface area (TPSA) is 46.2 Å². The average Bonchev–Trinajstić information content (AvgIpc) is 2.52. The predicted octanol–water partition coefficient (Wildman–Crippen LogP) is 3.11. The first-order chi connectivity index (χ1) is 9.72. The number of benzene rings is 2. The molecule has 0 aromatic heterocycles. The highest BCUT2D eigenvalue weighted by Crippen LogP contribution is 2.19. The summed E-state index contributed by atoms with van der Waals surface area (Å²) in [6.45, 7) is 2.29. The second-order valence-corrected chi connectivity index (χ2v) is 5.39. The average molecular weight is 286 g/mol. The molecule has 3 nitrogen and oxygen atoms in total. The van der Waals surface area contributed by atoms with Crippen LogP contribution in [0.3, 0.4) is 0 Å². The zero-order valence-corrected chi connectivity index (χ0v) is 12.0. The van der Waals surface area contributed by atoms with Crippen LogP contribution in [-0.2, 0) is 22.4 Å². The van der Waals surface area contributed by atoms with Crippen LogP contribution in [-0.4, -0.2) is 5.91 Å². The third kappa shape index (κ3) is 3.48. The van der Waals surface area contributed by atoms with Gasteiger partial charge in [-0.25, -0.2) is 0 Å². The first kappa shape index (κ1) is 14.3. The lowest BCUT2D eigenvalue weighted by Gasteiger charge is -2.08. The molecule has 0 saturated heterocycles. The SMILES string of the molecule is CC([S+]=O)c1ccccc1C(=O)NCc1ccccc1. The van der Waals surface area contributed by atoms with E-state index in [-0.39, 0.29) is 11.2 Å². The van der Waals surface area contributed by atoms with E-state index in [9.17, 15) is 9.00 Å². The van der Waals surface area contributed by atoms with Crippen molar-refractivity contribution in [1.82, 2.24) is 5.32 Å². The van der Waals surface area contributed by atoms with Gasteiger partial charge in [-0.1, -0.05) is 48.5 Å². The first-order valence-electron chi connectivity index (χ1n) is 6.42. The monoisotopic (exact) mass is 286 g/mol. The van der Waals surface area contributed by atoms with Crippen LogP contribution < -0.4 is 5.32 Å². The van der Waals surface area contributed by atoms with Gasteiger partial charge in [-0.05, 0) is 11.6 Å². The number of hydrogen-bond donors (Lipinski definition) is 1. The summed E-state index contributed by atoms with van der Waals surface area (Å²) in [4.78, 5) is 12.2. The number of rotatable bonds is 5. The fourth-order valence-electron chi connectivity index (χ4n) is 1.98. The van der Waals surface area contributed by atoms with Crippen molar-refractivity contribution in [3.8, 4) is 0 Å². The number of carbonyl (C=O) groups is 1. The van der Waals surface area contributed by atoms with Gasteiger partial charge in [-0.2, -0.15) is 0 Å². The summed E-state index contributed by atoms with van der Waals surface area (Å²) >= 11 is 0.494. The van der Waals surface area contributed by atoms with Crippen molar-refractivity contribution in [2.24, 2.45) is 0 Å². The molecule has 0 bridgehead atoms. The van der Waals surface area contributed by atoms with Crippen LogP contribution in [0.25, 0.3) is 0 Å². The Balaban J connectivity index is 2.11. The third-order valence-electron chi connectivity index (χ3n) is 3.08. The van der Waals surface area contributed by atoms with Gasteiger partial charge < -0.3 is 5.32 Å². The molecule has 1 N–H and O–H groups in total. The summed E-state index contributed by atoms with van der Waals surface area (Å²) in [6.07, 6.45) is 0. The highest BCUT2D eigenvalue weighted by atomic mass is 32.1. The highest BCUT2D eigenvalue weighted by Gasteiger charge is 2.23. The Bertz CT molecular complexity index is 598. The number of nitrogens with one attached hydrogen (secondary N) is 1. The van der Waals surface area contributed by atoms with Crippen LogP contribution in [0.15, 0.2) is 54.6 Å². The molecule has 0 aliphatic rings. The fourth-order valence-corrected chi connectivity index (χ4v) is 2.29. The number of amides is 1. The van der Waals surface area contributed by atoms with Crippen molar-refractivity contribution in [2.75, 3.05) is 0 Å². The third-order valence-corrected chi connectivity index (χ3v) is 3.63. The Morgan fingerprint density at radius 3 is 2.45 bits per heavy atom. The summed E-state index contributed by atoms with van der Waals surface area (Å²) in [5.74, 6) is -0.148. The molecule has 0 aliphatic carbocycles. The maximum atomic E-state index is 12.2. The molecular formula is C16H16NO2S+. The maximum Gasteiger partial charge on any atom is 0.466 e. The van der Waals surface area contributed by atoms with Gasteiger partial charge in [0.15, 0.2) is 0 Å². The highest BCUT2D eigenvalue weighted by molar-refractivity contribution is 7.65. The molecule has 20 heavy (non-hydrogen) atoms. The Hall–Kier alpha value is -2.07. The minimum absolute atomic E-state index is 0.148. The van der Waals surface area contributed by atoms with Gasteiger partial charge in [0.05, 0.1) is 0 Å². The minimum atomic E-state index is -0.242. The summed E-state index contributed by atoms with van der Waals surface area (Å²) < 4.78 is 11.0. The van der Waals surface area contributed by atoms with Crippen molar-refractivity contribution >= 4 is 17.6 Å². The first-order valence-corrected chi connectivity index (χ1v) is 7.22. The summed E-state index contributed by atoms with van der Waals surface area (Å²) in [5, 5.41) is 2.64. The molecule has 102 valence electrons. The van der Waals surface area contributed by atoms with Crippen LogP contribution >= 0.6 is 0 Å². The van der Waals surface area contributed by atoms with E-state index in [1.54, 1.807) is 13.0 Å². The quantitative estimate of drug-likeness (QED) is 0.858. The van der Waals surface area contributed by atoms with Gasteiger partial charge >= 0.3 is 11.7 Å². The van der Waals surface area contributed by atoms with E-state index in [1.807, 2.05) is 48.5 Å². The van der Waals surface area contributed by atoms with Gasteiger partial charge in [0.25, 0.3) is 11.2 Å². The normalized spacial score (nSPS) is 11.7. The maximum absolute atomic E-state index is 12.2. The van der Waals surface area contributed by atoms with E-state index in [0.29, 0.717) is 23.8 Å². The van der Waals surface area contributed by atoms with E-state index in [1.165, 1.54) is 0 Å². The molecular weight excluding hydrogens is 270 g/mol. The van der Waals surface area contributed by atoms with E-state index in [2.05, 4.69) is 5.32 Å². The zero-order valence-electron chi connectivity index (χ0n) is 11.2. The fraction of sp³-hybridized carbons (Fsp3) is 0.188. The molecule has 4 heteroatoms. The predicted molar refractivity (Wildman–Crippen MR) is 80.5 cm³/mol. The Morgan fingerprint density at radius 2 is 1.75 bits per heavy atom. The molecule has 0 radical (unpaired) electrons. The Kier molecular flexibility index (Phi) is 4.96. The second kappa shape index (κ2) is 6.91. The molecule has 1 unspecified atom stereocenters. The van der Waals surface area contributed by atoms with E-state index in [0.717, 1.165) is 11.1 Å². The van der Waals surface area contributed by atoms with Gasteiger partial charge in [-0.3, -0.25) is 4.79 Å². The van der Waals surface area contributed by atoms with Crippen molar-refractivity contribution in [3.63, 3.8) is 0 Å². The van der Waals surface area contributed by atoms with Crippen molar-refractivity contribution in [3.05, 3.63) is 71.3 Å². The molecule has 1 amide bonds. The van der Waals surface area contributed by atoms with Gasteiger partial charge in [0, 0.05) is 28.8 Å². The molecule has 1 atom stereocenters. The molecule has 2 aromatic rings. The van der Waals surface area contributed by atoms with E-state index in [4.69, 9.17) is 0 Å². The second-order valence-electron chi connectivity index (χ2n) is 4.49. The summed E-state index contributed by atoms with van der Waals surface area (Å²) in [6, 6.07) is 17.0. The molecule has 0 spiro atoms. The largest absolute Gasteiger partial charge is 0.466 e. The molecule has 2 aromatic carbocycles. The van der Waals surface area contributed by atoms with Gasteiger partial charge in [-0.15, -0.1) is 0 Å². The molecule has 0 fully saturated rings. The molecule has 2 rings (SSSR count). The molecule has 0 aliphatic heterocycles. The van der Waals surface area contributed by atoms with Crippen molar-refractivity contribution in [2.45, 2.75) is 18.7 Å².